The fraction of sp³-hybridized carbons (Fsp3) is 0.250. The second kappa shape index (κ2) is 4.33. The fourth-order valence-corrected chi connectivity index (χ4v) is 2.02. The van der Waals surface area contributed by atoms with E-state index >= 15 is 0 Å². The molecule has 0 unspecified atom stereocenters. The normalized spacial score (nSPS) is 9.92. The van der Waals surface area contributed by atoms with Crippen molar-refractivity contribution in [1.29, 1.82) is 0 Å². The Bertz CT molecular complexity index is 289. The topological polar surface area (TPSA) is 9.23 Å². The van der Waals surface area contributed by atoms with Gasteiger partial charge < -0.3 is 4.74 Å². The Hall–Kier alpha value is 0.0449. The first-order chi connectivity index (χ1) is 5.65. The highest BCUT2D eigenvalue weighted by atomic mass is 79.9. The molecule has 0 N–H and O–H groups in total. The second-order valence-corrected chi connectivity index (χ2v) is 4.00. The maximum absolute atomic E-state index is 5.74. The van der Waals surface area contributed by atoms with Crippen LogP contribution in [0.15, 0.2) is 21.1 Å². The Kier molecular flexibility index (Phi) is 3.65. The molecule has 0 aliphatic rings. The Morgan fingerprint density at radius 1 is 1.42 bits per heavy atom. The van der Waals surface area contributed by atoms with E-state index in [-0.39, 0.29) is 0 Å². The van der Waals surface area contributed by atoms with E-state index in [0.29, 0.717) is 17.8 Å². The maximum atomic E-state index is 5.74. The van der Waals surface area contributed by atoms with Crippen LogP contribution in [0.4, 0.5) is 0 Å². The summed E-state index contributed by atoms with van der Waals surface area (Å²) >= 11 is 6.68. The molecule has 2 radical (unpaired) electrons. The Morgan fingerprint density at radius 3 is 2.67 bits per heavy atom. The first kappa shape index (κ1) is 10.1. The Labute approximate surface area is 90.2 Å². The molecule has 1 nitrogen and oxygen atoms in total. The quantitative estimate of drug-likeness (QED) is 0.760. The van der Waals surface area contributed by atoms with E-state index in [0.717, 1.165) is 8.95 Å². The molecule has 0 aliphatic carbocycles. The highest BCUT2D eigenvalue weighted by molar-refractivity contribution is 9.11. The number of hydrogen-bond donors (Lipinski definition) is 0. The minimum absolute atomic E-state index is 0.618. The average molecular weight is 290 g/mol. The molecule has 0 spiro atoms. The van der Waals surface area contributed by atoms with Crippen LogP contribution >= 0.6 is 31.9 Å². The fourth-order valence-electron chi connectivity index (χ4n) is 0.836. The van der Waals surface area contributed by atoms with E-state index in [9.17, 15) is 0 Å². The van der Waals surface area contributed by atoms with E-state index in [4.69, 9.17) is 12.6 Å². The van der Waals surface area contributed by atoms with E-state index in [2.05, 4.69) is 31.9 Å². The molecule has 1 aromatic carbocycles. The summed E-state index contributed by atoms with van der Waals surface area (Å²) in [4.78, 5) is 0. The molecular weight excluding hydrogens is 283 g/mol. The summed E-state index contributed by atoms with van der Waals surface area (Å²) in [5.74, 6) is 0.707. The molecule has 0 amide bonds. The molecule has 0 saturated carbocycles. The molecule has 62 valence electrons. The molecule has 12 heavy (non-hydrogen) atoms. The SMILES string of the molecule is [B]c1c(Br)cc(Br)cc1OCC. The van der Waals surface area contributed by atoms with Gasteiger partial charge in [0.05, 0.1) is 6.61 Å². The minimum Gasteiger partial charge on any atom is -0.494 e. The lowest BCUT2D eigenvalue weighted by Gasteiger charge is -2.09. The van der Waals surface area contributed by atoms with Gasteiger partial charge in [-0.25, -0.2) is 0 Å². The predicted octanol–water partition coefficient (Wildman–Crippen LogP) is 2.40. The van der Waals surface area contributed by atoms with E-state index in [1.165, 1.54) is 0 Å². The van der Waals surface area contributed by atoms with Gasteiger partial charge in [0.1, 0.15) is 13.6 Å². The lowest BCUT2D eigenvalue weighted by Crippen LogP contribution is -2.10. The van der Waals surface area contributed by atoms with E-state index in [1.807, 2.05) is 19.1 Å². The van der Waals surface area contributed by atoms with Gasteiger partial charge in [0, 0.05) is 8.95 Å². The van der Waals surface area contributed by atoms with Crippen molar-refractivity contribution in [3.63, 3.8) is 0 Å². The van der Waals surface area contributed by atoms with Crippen LogP contribution in [-0.4, -0.2) is 14.5 Å². The summed E-state index contributed by atoms with van der Waals surface area (Å²) in [7, 11) is 5.74. The van der Waals surface area contributed by atoms with Crippen LogP contribution in [0, 0.1) is 0 Å². The van der Waals surface area contributed by atoms with Gasteiger partial charge >= 0.3 is 0 Å². The molecular formula is C8H7BBr2O. The van der Waals surface area contributed by atoms with Crippen LogP contribution in [0.25, 0.3) is 0 Å². The summed E-state index contributed by atoms with van der Waals surface area (Å²) in [6.07, 6.45) is 0. The second-order valence-electron chi connectivity index (χ2n) is 2.23. The van der Waals surface area contributed by atoms with Gasteiger partial charge in [-0.1, -0.05) is 31.9 Å². The van der Waals surface area contributed by atoms with Crippen molar-refractivity contribution in [2.24, 2.45) is 0 Å². The molecule has 0 atom stereocenters. The molecule has 0 aromatic heterocycles. The van der Waals surface area contributed by atoms with Crippen molar-refractivity contribution in [2.75, 3.05) is 6.61 Å². The van der Waals surface area contributed by atoms with Crippen molar-refractivity contribution in [3.8, 4) is 5.75 Å². The van der Waals surface area contributed by atoms with Gasteiger partial charge in [-0.3, -0.25) is 0 Å². The zero-order valence-corrected chi connectivity index (χ0v) is 9.78. The van der Waals surface area contributed by atoms with Gasteiger partial charge in [-0.15, -0.1) is 0 Å². The van der Waals surface area contributed by atoms with Crippen LogP contribution in [-0.2, 0) is 0 Å². The van der Waals surface area contributed by atoms with Crippen LogP contribution in [0.1, 0.15) is 6.92 Å². The summed E-state index contributed by atoms with van der Waals surface area (Å²) in [5, 5.41) is 0. The Morgan fingerprint density at radius 2 is 2.08 bits per heavy atom. The average Bonchev–Trinajstić information content (AvgIpc) is 2.00. The number of halogens is 2. The smallest absolute Gasteiger partial charge is 0.120 e. The first-order valence-electron chi connectivity index (χ1n) is 3.52. The minimum atomic E-state index is 0.618. The third kappa shape index (κ3) is 2.27. The maximum Gasteiger partial charge on any atom is 0.120 e. The lowest BCUT2D eigenvalue weighted by molar-refractivity contribution is 0.342. The van der Waals surface area contributed by atoms with Crippen molar-refractivity contribution < 1.29 is 4.74 Å². The summed E-state index contributed by atoms with van der Waals surface area (Å²) in [5.41, 5.74) is 0.639. The molecule has 4 heteroatoms. The van der Waals surface area contributed by atoms with Gasteiger partial charge in [-0.2, -0.15) is 0 Å². The largest absolute Gasteiger partial charge is 0.494 e. The van der Waals surface area contributed by atoms with Crippen LogP contribution in [0.5, 0.6) is 5.75 Å². The number of hydrogen-bond acceptors (Lipinski definition) is 1. The predicted molar refractivity (Wildman–Crippen MR) is 58.4 cm³/mol. The van der Waals surface area contributed by atoms with Crippen LogP contribution in [0.3, 0.4) is 0 Å². The molecule has 1 aromatic rings. The van der Waals surface area contributed by atoms with Crippen molar-refractivity contribution in [3.05, 3.63) is 21.1 Å². The third-order valence-corrected chi connectivity index (χ3v) is 2.47. The third-order valence-electron chi connectivity index (χ3n) is 1.36. The number of benzene rings is 1. The van der Waals surface area contributed by atoms with Crippen molar-refractivity contribution >= 4 is 45.2 Å². The van der Waals surface area contributed by atoms with Gasteiger partial charge in [0.2, 0.25) is 0 Å². The van der Waals surface area contributed by atoms with Gasteiger partial charge in [-0.05, 0) is 24.5 Å². The van der Waals surface area contributed by atoms with Crippen LogP contribution < -0.4 is 10.2 Å². The van der Waals surface area contributed by atoms with E-state index < -0.39 is 0 Å². The molecule has 0 saturated heterocycles. The standard InChI is InChI=1S/C8H7BBr2O/c1-2-12-7-4-5(10)3-6(11)8(7)9/h3-4H,2H2,1H3. The number of rotatable bonds is 2. The lowest BCUT2D eigenvalue weighted by atomic mass is 9.95. The summed E-state index contributed by atoms with van der Waals surface area (Å²) < 4.78 is 7.11. The highest BCUT2D eigenvalue weighted by Gasteiger charge is 2.03. The zero-order valence-electron chi connectivity index (χ0n) is 6.60. The highest BCUT2D eigenvalue weighted by Crippen LogP contribution is 2.21. The zero-order chi connectivity index (χ0) is 9.14. The molecule has 0 bridgehead atoms. The monoisotopic (exact) mass is 288 g/mol. The van der Waals surface area contributed by atoms with Gasteiger partial charge in [0.15, 0.2) is 0 Å². The molecule has 0 heterocycles. The number of ether oxygens (including phenoxy) is 1. The Balaban J connectivity index is 3.09. The van der Waals surface area contributed by atoms with Gasteiger partial charge in [0.25, 0.3) is 0 Å². The summed E-state index contributed by atoms with van der Waals surface area (Å²) in [6, 6.07) is 3.74. The molecule has 0 aliphatic heterocycles. The molecule has 0 fully saturated rings. The van der Waals surface area contributed by atoms with Crippen LogP contribution in [0.2, 0.25) is 0 Å². The summed E-state index contributed by atoms with van der Waals surface area (Å²) in [6.45, 7) is 2.54. The first-order valence-corrected chi connectivity index (χ1v) is 5.11. The van der Waals surface area contributed by atoms with Crippen molar-refractivity contribution in [1.82, 2.24) is 0 Å². The molecule has 1 rings (SSSR count). The van der Waals surface area contributed by atoms with Crippen molar-refractivity contribution in [2.45, 2.75) is 6.92 Å². The van der Waals surface area contributed by atoms with E-state index in [1.54, 1.807) is 0 Å².